The molecule has 0 saturated carbocycles. The molecule has 0 aromatic rings. The fraction of sp³-hybridized carbons (Fsp3) is 1.00. The number of ether oxygens (including phenoxy) is 1. The Balaban J connectivity index is 2.07. The molecule has 1 fully saturated rings. The van der Waals surface area contributed by atoms with E-state index >= 15 is 0 Å². The molecule has 2 nitrogen and oxygen atoms in total. The minimum Gasteiger partial charge on any atom is -0.369 e. The van der Waals surface area contributed by atoms with Crippen molar-refractivity contribution in [3.63, 3.8) is 0 Å². The van der Waals surface area contributed by atoms with Gasteiger partial charge in [-0.05, 0) is 6.42 Å². The van der Waals surface area contributed by atoms with Crippen LogP contribution in [0, 0.1) is 0 Å². The van der Waals surface area contributed by atoms with Crippen molar-refractivity contribution in [2.75, 3.05) is 12.0 Å². The number of hydrogen-bond donors (Lipinski definition) is 0. The Morgan fingerprint density at radius 1 is 1.50 bits per heavy atom. The lowest BCUT2D eigenvalue weighted by atomic mass is 10.2. The van der Waals surface area contributed by atoms with Gasteiger partial charge in [0, 0.05) is 17.1 Å². The van der Waals surface area contributed by atoms with Gasteiger partial charge in [0.2, 0.25) is 0 Å². The van der Waals surface area contributed by atoms with Crippen LogP contribution in [-0.4, -0.2) is 28.4 Å². The molecule has 0 radical (unpaired) electrons. The number of epoxide rings is 1. The van der Waals surface area contributed by atoms with Crippen LogP contribution >= 0.6 is 0 Å². The zero-order valence-corrected chi connectivity index (χ0v) is 7.32. The molecular weight excluding hydrogens is 148 g/mol. The van der Waals surface area contributed by atoms with Crippen LogP contribution in [0.1, 0.15) is 19.8 Å². The van der Waals surface area contributed by atoms with E-state index in [1.54, 1.807) is 6.26 Å². The van der Waals surface area contributed by atoms with Gasteiger partial charge in [-0.25, -0.2) is 0 Å². The maximum Gasteiger partial charge on any atom is 0.0956 e. The van der Waals surface area contributed by atoms with E-state index in [9.17, 15) is 4.21 Å². The third-order valence-corrected chi connectivity index (χ3v) is 2.46. The molecule has 1 aliphatic heterocycles. The molecule has 0 spiro atoms. The van der Waals surface area contributed by atoms with Crippen LogP contribution in [0.3, 0.4) is 0 Å². The summed E-state index contributed by atoms with van der Waals surface area (Å²) in [5.74, 6) is 0.727. The SMILES string of the molecule is CCC[C@H]1O[C@@H]1C[S@](C)=O. The summed E-state index contributed by atoms with van der Waals surface area (Å²) in [4.78, 5) is 0. The molecule has 0 aromatic carbocycles. The normalized spacial score (nSPS) is 33.8. The Hall–Kier alpha value is 0.110. The van der Waals surface area contributed by atoms with Crippen LogP contribution in [-0.2, 0) is 15.5 Å². The summed E-state index contributed by atoms with van der Waals surface area (Å²) in [5.41, 5.74) is 0. The maximum absolute atomic E-state index is 10.7. The molecule has 0 N–H and O–H groups in total. The van der Waals surface area contributed by atoms with Crippen molar-refractivity contribution in [1.29, 1.82) is 0 Å². The quantitative estimate of drug-likeness (QED) is 0.576. The number of rotatable bonds is 4. The third kappa shape index (κ3) is 2.39. The molecule has 3 atom stereocenters. The minimum absolute atomic E-state index is 0.311. The van der Waals surface area contributed by atoms with Gasteiger partial charge in [0.15, 0.2) is 0 Å². The fourth-order valence-corrected chi connectivity index (χ4v) is 1.85. The highest BCUT2D eigenvalue weighted by molar-refractivity contribution is 7.84. The highest BCUT2D eigenvalue weighted by Gasteiger charge is 2.37. The van der Waals surface area contributed by atoms with E-state index in [-0.39, 0.29) is 0 Å². The Kier molecular flexibility index (Phi) is 2.86. The average Bonchev–Trinajstić information content (AvgIpc) is 2.47. The first-order chi connectivity index (χ1) is 4.74. The Labute approximate surface area is 64.4 Å². The summed E-state index contributed by atoms with van der Waals surface area (Å²) in [6.45, 7) is 2.14. The molecule has 0 unspecified atom stereocenters. The molecule has 10 heavy (non-hydrogen) atoms. The van der Waals surface area contributed by atoms with Gasteiger partial charge in [0.05, 0.1) is 18.0 Å². The van der Waals surface area contributed by atoms with E-state index in [0.717, 1.165) is 18.6 Å². The lowest BCUT2D eigenvalue weighted by Gasteiger charge is -1.88. The summed E-state index contributed by atoms with van der Waals surface area (Å²) in [7, 11) is -0.682. The summed E-state index contributed by atoms with van der Waals surface area (Å²) >= 11 is 0. The number of hydrogen-bond acceptors (Lipinski definition) is 2. The zero-order valence-electron chi connectivity index (χ0n) is 6.50. The molecule has 1 heterocycles. The van der Waals surface area contributed by atoms with Crippen LogP contribution in [0.15, 0.2) is 0 Å². The van der Waals surface area contributed by atoms with Crippen molar-refractivity contribution < 1.29 is 8.95 Å². The second-order valence-electron chi connectivity index (χ2n) is 2.74. The van der Waals surface area contributed by atoms with Gasteiger partial charge >= 0.3 is 0 Å². The van der Waals surface area contributed by atoms with Crippen molar-refractivity contribution in [2.24, 2.45) is 0 Å². The summed E-state index contributed by atoms with van der Waals surface area (Å²) < 4.78 is 16.0. The molecule has 0 amide bonds. The molecule has 1 aliphatic rings. The summed E-state index contributed by atoms with van der Waals surface area (Å²) in [5, 5.41) is 0. The Bertz CT molecular complexity index is 136. The lowest BCUT2D eigenvalue weighted by molar-refractivity contribution is 0.370. The Morgan fingerprint density at radius 3 is 2.70 bits per heavy atom. The van der Waals surface area contributed by atoms with Gasteiger partial charge in [0.25, 0.3) is 0 Å². The van der Waals surface area contributed by atoms with Crippen molar-refractivity contribution in [3.8, 4) is 0 Å². The highest BCUT2D eigenvalue weighted by Crippen LogP contribution is 2.26. The van der Waals surface area contributed by atoms with E-state index in [1.807, 2.05) is 0 Å². The van der Waals surface area contributed by atoms with Crippen LogP contribution in [0.5, 0.6) is 0 Å². The minimum atomic E-state index is -0.682. The van der Waals surface area contributed by atoms with Crippen molar-refractivity contribution >= 4 is 10.8 Å². The maximum atomic E-state index is 10.7. The lowest BCUT2D eigenvalue weighted by Crippen LogP contribution is -2.04. The first-order valence-corrected chi connectivity index (χ1v) is 5.42. The smallest absolute Gasteiger partial charge is 0.0956 e. The molecule has 0 aliphatic carbocycles. The van der Waals surface area contributed by atoms with E-state index in [4.69, 9.17) is 4.74 Å². The van der Waals surface area contributed by atoms with E-state index in [2.05, 4.69) is 6.92 Å². The first-order valence-electron chi connectivity index (χ1n) is 3.69. The largest absolute Gasteiger partial charge is 0.369 e. The van der Waals surface area contributed by atoms with Crippen LogP contribution in [0.25, 0.3) is 0 Å². The Morgan fingerprint density at radius 2 is 2.20 bits per heavy atom. The van der Waals surface area contributed by atoms with Gasteiger partial charge in [-0.1, -0.05) is 13.3 Å². The zero-order chi connectivity index (χ0) is 7.56. The van der Waals surface area contributed by atoms with E-state index in [0.29, 0.717) is 12.2 Å². The molecular formula is C7H14O2S. The second kappa shape index (κ2) is 3.49. The van der Waals surface area contributed by atoms with Crippen molar-refractivity contribution in [1.82, 2.24) is 0 Å². The van der Waals surface area contributed by atoms with Crippen molar-refractivity contribution in [2.45, 2.75) is 32.0 Å². The standard InChI is InChI=1S/C7H14O2S/c1-3-4-6-7(9-6)5-10(2)8/h6-7H,3-5H2,1-2H3/t6-,7-,10+/m1/s1. The van der Waals surface area contributed by atoms with Gasteiger partial charge in [-0.15, -0.1) is 0 Å². The molecule has 1 saturated heterocycles. The van der Waals surface area contributed by atoms with Crippen LogP contribution in [0.4, 0.5) is 0 Å². The van der Waals surface area contributed by atoms with E-state index < -0.39 is 10.8 Å². The summed E-state index contributed by atoms with van der Waals surface area (Å²) in [6.07, 6.45) is 4.75. The van der Waals surface area contributed by atoms with Gasteiger partial charge in [0.1, 0.15) is 0 Å². The fourth-order valence-electron chi connectivity index (χ4n) is 1.10. The molecule has 3 heteroatoms. The molecule has 0 aromatic heterocycles. The second-order valence-corrected chi connectivity index (χ2v) is 4.22. The molecule has 0 bridgehead atoms. The first kappa shape index (κ1) is 8.21. The average molecular weight is 162 g/mol. The topological polar surface area (TPSA) is 29.6 Å². The predicted molar refractivity (Wildman–Crippen MR) is 42.5 cm³/mol. The summed E-state index contributed by atoms with van der Waals surface area (Å²) in [6, 6.07) is 0. The van der Waals surface area contributed by atoms with Crippen molar-refractivity contribution in [3.05, 3.63) is 0 Å². The van der Waals surface area contributed by atoms with Gasteiger partial charge in [-0.3, -0.25) is 4.21 Å². The molecule has 60 valence electrons. The van der Waals surface area contributed by atoms with Crippen LogP contribution in [0.2, 0.25) is 0 Å². The van der Waals surface area contributed by atoms with E-state index in [1.165, 1.54) is 0 Å². The predicted octanol–water partition coefficient (Wildman–Crippen LogP) is 0.932. The van der Waals surface area contributed by atoms with Gasteiger partial charge < -0.3 is 4.74 Å². The monoisotopic (exact) mass is 162 g/mol. The van der Waals surface area contributed by atoms with Gasteiger partial charge in [-0.2, -0.15) is 0 Å². The van der Waals surface area contributed by atoms with Crippen LogP contribution < -0.4 is 0 Å². The third-order valence-electron chi connectivity index (χ3n) is 1.66. The molecule has 1 rings (SSSR count). The highest BCUT2D eigenvalue weighted by atomic mass is 32.2.